The number of hydroxylamine groups is 6. The Kier molecular flexibility index (Phi) is 2.31. The summed E-state index contributed by atoms with van der Waals surface area (Å²) in [4.78, 5) is 0. The van der Waals surface area contributed by atoms with Crippen LogP contribution in [0.4, 0.5) is 0 Å². The van der Waals surface area contributed by atoms with Gasteiger partial charge in [-0.3, -0.25) is 0 Å². The van der Waals surface area contributed by atoms with Gasteiger partial charge in [0.2, 0.25) is 0 Å². The molecule has 1 aromatic carbocycles. The molecule has 4 aliphatic heterocycles. The quantitative estimate of drug-likeness (QED) is 0.718. The first kappa shape index (κ1) is 10.7. The van der Waals surface area contributed by atoms with Crippen molar-refractivity contribution < 1.29 is 14.3 Å². The predicted octanol–water partition coefficient (Wildman–Crippen LogP) is 0.792. The van der Waals surface area contributed by atoms with Gasteiger partial charge in [-0.1, -0.05) is 36.4 Å². The molecule has 5 rings (SSSR count). The summed E-state index contributed by atoms with van der Waals surface area (Å²) in [6.07, 6.45) is 1.95. The van der Waals surface area contributed by atoms with Gasteiger partial charge in [-0.15, -0.1) is 0 Å². The summed E-state index contributed by atoms with van der Waals surface area (Å²) >= 11 is 0. The molecule has 0 unspecified atom stereocenters. The van der Waals surface area contributed by atoms with E-state index in [4.69, 9.17) is 14.3 Å². The Hall–Kier alpha value is -1.22. The van der Waals surface area contributed by atoms with Crippen molar-refractivity contribution in [3.05, 3.63) is 41.9 Å². The highest BCUT2D eigenvalue weighted by molar-refractivity contribution is 6.67. The number of hydrogen-bond donors (Lipinski definition) is 0. The Morgan fingerprint density at radius 2 is 1.44 bits per heavy atom. The summed E-state index contributed by atoms with van der Waals surface area (Å²) in [5, 5.41) is 5.52. The zero-order valence-electron chi connectivity index (χ0n) is 9.81. The van der Waals surface area contributed by atoms with Gasteiger partial charge >= 0.3 is 6.75 Å². The Balaban J connectivity index is 1.59. The summed E-state index contributed by atoms with van der Waals surface area (Å²) < 4.78 is 17.1. The second kappa shape index (κ2) is 3.89. The first-order chi connectivity index (χ1) is 8.81. The van der Waals surface area contributed by atoms with E-state index in [0.29, 0.717) is 20.0 Å². The average molecular weight is 246 g/mol. The lowest BCUT2D eigenvalue weighted by Gasteiger charge is -2.63. The van der Waals surface area contributed by atoms with Crippen molar-refractivity contribution in [3.8, 4) is 0 Å². The topological polar surface area (TPSA) is 37.4 Å². The van der Waals surface area contributed by atoms with Crippen molar-refractivity contribution in [1.29, 1.82) is 0 Å². The van der Waals surface area contributed by atoms with Crippen LogP contribution in [0.5, 0.6) is 0 Å². The maximum Gasteiger partial charge on any atom is 0.450 e. The lowest BCUT2D eigenvalue weighted by Crippen LogP contribution is -2.74. The van der Waals surface area contributed by atoms with Crippen LogP contribution in [0.3, 0.4) is 0 Å². The van der Waals surface area contributed by atoms with E-state index >= 15 is 0 Å². The summed E-state index contributed by atoms with van der Waals surface area (Å²) in [7, 11) is 0. The molecule has 0 amide bonds. The Bertz CT molecular complexity index is 446. The van der Waals surface area contributed by atoms with Crippen molar-refractivity contribution in [2.24, 2.45) is 0 Å². The molecule has 1 aromatic rings. The Morgan fingerprint density at radius 3 is 2.00 bits per heavy atom. The summed E-state index contributed by atoms with van der Waals surface area (Å²) in [5.41, 5.74) is 1.09. The highest BCUT2D eigenvalue weighted by Crippen LogP contribution is 2.32. The molecule has 0 spiro atoms. The zero-order chi connectivity index (χ0) is 12.0. The van der Waals surface area contributed by atoms with E-state index in [2.05, 4.69) is 0 Å². The van der Waals surface area contributed by atoms with Gasteiger partial charge in [0.05, 0.1) is 20.0 Å². The van der Waals surface area contributed by atoms with Gasteiger partial charge in [0.15, 0.2) is 0 Å². The molecule has 7 heteroatoms. The van der Waals surface area contributed by atoms with Gasteiger partial charge in [0, 0.05) is 0 Å². The minimum atomic E-state index is -1.86. The fraction of sp³-hybridized carbons (Fsp3) is 0.273. The normalized spacial score (nSPS) is 41.7. The third kappa shape index (κ3) is 1.77. The third-order valence-corrected chi connectivity index (χ3v) is 3.16. The van der Waals surface area contributed by atoms with Crippen LogP contribution in [-0.2, 0) is 14.3 Å². The number of hydrogen-bond acceptors (Lipinski definition) is 6. The molecule has 0 saturated carbocycles. The van der Waals surface area contributed by atoms with Crippen molar-refractivity contribution in [2.75, 3.05) is 20.0 Å². The molecule has 0 aliphatic carbocycles. The molecule has 4 bridgehead atoms. The molecule has 6 nitrogen and oxygen atoms in total. The van der Waals surface area contributed by atoms with Crippen LogP contribution in [-0.4, -0.2) is 42.0 Å². The van der Waals surface area contributed by atoms with E-state index in [1.54, 1.807) is 0 Å². The monoisotopic (exact) mass is 246 g/mol. The molecule has 18 heavy (non-hydrogen) atoms. The first-order valence-electron chi connectivity index (χ1n) is 6.02. The highest BCUT2D eigenvalue weighted by atomic mass is 17.0. The zero-order valence-corrected chi connectivity index (χ0v) is 9.81. The molecule has 4 saturated heterocycles. The summed E-state index contributed by atoms with van der Waals surface area (Å²) in [5.74, 6) is 1.85. The molecule has 0 N–H and O–H groups in total. The van der Waals surface area contributed by atoms with Crippen LogP contribution in [0.1, 0.15) is 5.56 Å². The van der Waals surface area contributed by atoms with E-state index in [1.165, 1.54) is 0 Å². The standard InChI is InChI=1S/C11H13BN3O3/c1-2-4-11(5-3-1)6-7-12-16-13-8-14(17-12)10-15(9-13)18-12/h1-7H,8-10H2/q-1/b7-6+. The van der Waals surface area contributed by atoms with Gasteiger partial charge in [0.1, 0.15) is 0 Å². The first-order valence-corrected chi connectivity index (χ1v) is 6.02. The second-order valence-corrected chi connectivity index (χ2v) is 4.65. The van der Waals surface area contributed by atoms with Gasteiger partial charge in [-0.05, 0) is 5.56 Å². The van der Waals surface area contributed by atoms with Crippen LogP contribution in [0.15, 0.2) is 36.3 Å². The fourth-order valence-electron chi connectivity index (χ4n) is 2.44. The largest absolute Gasteiger partial charge is 0.450 e. The molecular formula is C11H13BN3O3-. The summed E-state index contributed by atoms with van der Waals surface area (Å²) in [6, 6.07) is 10.0. The van der Waals surface area contributed by atoms with Crippen molar-refractivity contribution >= 4 is 12.8 Å². The maximum atomic E-state index is 5.71. The van der Waals surface area contributed by atoms with Crippen molar-refractivity contribution in [1.82, 2.24) is 15.2 Å². The minimum absolute atomic E-state index is 0.655. The molecular weight excluding hydrogens is 233 g/mol. The third-order valence-electron chi connectivity index (χ3n) is 3.16. The molecule has 4 heterocycles. The smallest absolute Gasteiger partial charge is 0.450 e. The fourth-order valence-corrected chi connectivity index (χ4v) is 2.44. The minimum Gasteiger partial charge on any atom is -0.450 e. The number of nitrogens with zero attached hydrogens (tertiary/aromatic N) is 3. The predicted molar refractivity (Wildman–Crippen MR) is 64.6 cm³/mol. The van der Waals surface area contributed by atoms with Crippen LogP contribution in [0.2, 0.25) is 0 Å². The van der Waals surface area contributed by atoms with Crippen molar-refractivity contribution in [2.45, 2.75) is 0 Å². The van der Waals surface area contributed by atoms with Gasteiger partial charge in [0.25, 0.3) is 0 Å². The molecule has 4 aliphatic rings. The van der Waals surface area contributed by atoms with Gasteiger partial charge in [-0.25, -0.2) is 0 Å². The van der Waals surface area contributed by atoms with Crippen LogP contribution in [0.25, 0.3) is 6.08 Å². The molecule has 94 valence electrons. The van der Waals surface area contributed by atoms with Gasteiger partial charge in [-0.2, -0.15) is 21.2 Å². The van der Waals surface area contributed by atoms with E-state index in [-0.39, 0.29) is 0 Å². The summed E-state index contributed by atoms with van der Waals surface area (Å²) in [6.45, 7) is 0.105. The number of rotatable bonds is 2. The van der Waals surface area contributed by atoms with E-state index in [0.717, 1.165) is 5.56 Å². The highest BCUT2D eigenvalue weighted by Gasteiger charge is 2.47. The van der Waals surface area contributed by atoms with Crippen LogP contribution in [0, 0.1) is 0 Å². The number of benzene rings is 1. The Labute approximate surface area is 105 Å². The van der Waals surface area contributed by atoms with Crippen LogP contribution >= 0.6 is 0 Å². The van der Waals surface area contributed by atoms with Crippen LogP contribution < -0.4 is 0 Å². The second-order valence-electron chi connectivity index (χ2n) is 4.65. The Morgan fingerprint density at radius 1 is 0.889 bits per heavy atom. The van der Waals surface area contributed by atoms with Gasteiger partial charge < -0.3 is 14.3 Å². The van der Waals surface area contributed by atoms with E-state index in [1.807, 2.05) is 57.6 Å². The maximum absolute atomic E-state index is 5.71. The molecule has 0 radical (unpaired) electrons. The van der Waals surface area contributed by atoms with E-state index < -0.39 is 6.75 Å². The lowest BCUT2D eigenvalue weighted by atomic mass is 9.78. The van der Waals surface area contributed by atoms with E-state index in [9.17, 15) is 0 Å². The molecule has 0 atom stereocenters. The molecule has 4 fully saturated rings. The lowest BCUT2D eigenvalue weighted by molar-refractivity contribution is -0.420. The van der Waals surface area contributed by atoms with Crippen molar-refractivity contribution in [3.63, 3.8) is 0 Å². The average Bonchev–Trinajstić information content (AvgIpc) is 2.36. The molecule has 0 aromatic heterocycles. The SMILES string of the molecule is C(=C\[B-]12ON3CN(CN(C3)O1)O2)/c1ccccc1.